The molecule has 0 aliphatic carbocycles. The molecule has 0 saturated carbocycles. The maximum Gasteiger partial charge on any atom is 0.262 e. The molecule has 1 fully saturated rings. The van der Waals surface area contributed by atoms with Crippen LogP contribution < -0.4 is 10.2 Å². The van der Waals surface area contributed by atoms with Gasteiger partial charge in [0.05, 0.1) is 32.5 Å². The van der Waals surface area contributed by atoms with Crippen LogP contribution in [0, 0.1) is 0 Å². The maximum absolute atomic E-state index is 12.8. The van der Waals surface area contributed by atoms with Crippen molar-refractivity contribution in [3.63, 3.8) is 0 Å². The summed E-state index contributed by atoms with van der Waals surface area (Å²) in [7, 11) is 2.06. The van der Waals surface area contributed by atoms with Crippen LogP contribution in [0.5, 0.6) is 0 Å². The Kier molecular flexibility index (Phi) is 6.12. The van der Waals surface area contributed by atoms with Crippen molar-refractivity contribution in [3.8, 4) is 0 Å². The minimum Gasteiger partial charge on any atom is -0.367 e. The van der Waals surface area contributed by atoms with Crippen LogP contribution in [0.25, 0.3) is 0 Å². The molecule has 7 nitrogen and oxygen atoms in total. The first-order valence-corrected chi connectivity index (χ1v) is 10.8. The molecule has 1 saturated heterocycles. The van der Waals surface area contributed by atoms with E-state index in [0.29, 0.717) is 10.7 Å². The molecule has 10 heteroatoms. The normalized spacial score (nSPS) is 16.6. The van der Waals surface area contributed by atoms with Crippen LogP contribution in [0.2, 0.25) is 15.1 Å². The van der Waals surface area contributed by atoms with E-state index in [1.165, 1.54) is 12.1 Å². The Balaban J connectivity index is 1.51. The van der Waals surface area contributed by atoms with Gasteiger partial charge in [-0.1, -0.05) is 34.8 Å². The lowest BCUT2D eigenvalue weighted by Crippen LogP contribution is -2.45. The van der Waals surface area contributed by atoms with Gasteiger partial charge < -0.3 is 15.1 Å². The van der Waals surface area contributed by atoms with E-state index in [9.17, 15) is 14.4 Å². The minimum absolute atomic E-state index is 0.132. The number of benzene rings is 2. The van der Waals surface area contributed by atoms with E-state index in [-0.39, 0.29) is 21.2 Å². The summed E-state index contributed by atoms with van der Waals surface area (Å²) in [6.07, 6.45) is 0. The summed E-state index contributed by atoms with van der Waals surface area (Å²) in [5.74, 6) is -1.68. The van der Waals surface area contributed by atoms with Gasteiger partial charge in [-0.25, -0.2) is 0 Å². The standard InChI is InChI=1S/C21H19Cl3N4O3/c1-26-4-6-27(7-5-26)18-3-2-12(22)8-17(18)25-19(29)11-28-20(30)13-9-15(23)16(24)10-14(13)21(28)31/h2-3,8-10H,4-7,11H2,1H3,(H,25,29). The Morgan fingerprint density at radius 2 is 1.52 bits per heavy atom. The van der Waals surface area contributed by atoms with E-state index in [1.54, 1.807) is 12.1 Å². The number of rotatable bonds is 4. The molecule has 2 heterocycles. The highest BCUT2D eigenvalue weighted by Gasteiger charge is 2.37. The molecule has 3 amide bonds. The molecule has 2 aliphatic rings. The third kappa shape index (κ3) is 4.36. The number of nitrogens with one attached hydrogen (secondary N) is 1. The highest BCUT2D eigenvalue weighted by atomic mass is 35.5. The highest BCUT2D eigenvalue weighted by Crippen LogP contribution is 2.32. The number of amides is 3. The van der Waals surface area contributed by atoms with Gasteiger partial charge in [-0.05, 0) is 37.4 Å². The molecular formula is C21H19Cl3N4O3. The van der Waals surface area contributed by atoms with Gasteiger partial charge in [-0.2, -0.15) is 0 Å². The first kappa shape index (κ1) is 21.9. The number of anilines is 2. The summed E-state index contributed by atoms with van der Waals surface area (Å²) in [5.41, 5.74) is 1.64. The highest BCUT2D eigenvalue weighted by molar-refractivity contribution is 6.43. The summed E-state index contributed by atoms with van der Waals surface area (Å²) in [5, 5.41) is 3.61. The van der Waals surface area contributed by atoms with E-state index in [0.717, 1.165) is 36.8 Å². The van der Waals surface area contributed by atoms with Crippen molar-refractivity contribution in [3.05, 3.63) is 56.5 Å². The number of hydrogen-bond acceptors (Lipinski definition) is 5. The predicted octanol–water partition coefficient (Wildman–Crippen LogP) is 3.63. The van der Waals surface area contributed by atoms with Crippen LogP contribution in [-0.4, -0.2) is 67.3 Å². The third-order valence-corrected chi connectivity index (χ3v) is 6.35. The third-order valence-electron chi connectivity index (χ3n) is 5.39. The molecule has 2 aromatic carbocycles. The van der Waals surface area contributed by atoms with Crippen LogP contribution in [0.1, 0.15) is 20.7 Å². The molecule has 0 aromatic heterocycles. The summed E-state index contributed by atoms with van der Waals surface area (Å²) in [6.45, 7) is 2.98. The number of halogens is 3. The van der Waals surface area contributed by atoms with Gasteiger partial charge in [0.25, 0.3) is 11.8 Å². The molecule has 0 radical (unpaired) electrons. The number of hydrogen-bond donors (Lipinski definition) is 1. The van der Waals surface area contributed by atoms with Crippen molar-refractivity contribution in [2.45, 2.75) is 0 Å². The second-order valence-electron chi connectivity index (χ2n) is 7.51. The Hall–Kier alpha value is -2.32. The maximum atomic E-state index is 12.8. The van der Waals surface area contributed by atoms with Gasteiger partial charge in [0, 0.05) is 31.2 Å². The SMILES string of the molecule is CN1CCN(c2ccc(Cl)cc2NC(=O)CN2C(=O)c3cc(Cl)c(Cl)cc3C2=O)CC1. The topological polar surface area (TPSA) is 73.0 Å². The van der Waals surface area contributed by atoms with Gasteiger partial charge in [-0.3, -0.25) is 19.3 Å². The lowest BCUT2D eigenvalue weighted by atomic mass is 10.1. The molecule has 0 atom stereocenters. The van der Waals surface area contributed by atoms with Crippen molar-refractivity contribution in [2.24, 2.45) is 0 Å². The van der Waals surface area contributed by atoms with E-state index < -0.39 is 24.3 Å². The molecular weight excluding hydrogens is 463 g/mol. The lowest BCUT2D eigenvalue weighted by Gasteiger charge is -2.35. The zero-order valence-electron chi connectivity index (χ0n) is 16.6. The first-order chi connectivity index (χ1) is 14.7. The second-order valence-corrected chi connectivity index (χ2v) is 8.76. The van der Waals surface area contributed by atoms with Crippen LogP contribution in [0.4, 0.5) is 11.4 Å². The minimum atomic E-state index is -0.584. The van der Waals surface area contributed by atoms with Crippen LogP contribution in [-0.2, 0) is 4.79 Å². The van der Waals surface area contributed by atoms with Crippen molar-refractivity contribution < 1.29 is 14.4 Å². The van der Waals surface area contributed by atoms with E-state index in [4.69, 9.17) is 34.8 Å². The van der Waals surface area contributed by atoms with Gasteiger partial charge in [0.15, 0.2) is 0 Å². The molecule has 0 spiro atoms. The van der Waals surface area contributed by atoms with Gasteiger partial charge in [0.2, 0.25) is 5.91 Å². The molecule has 162 valence electrons. The first-order valence-electron chi connectivity index (χ1n) is 9.62. The van der Waals surface area contributed by atoms with Crippen molar-refractivity contribution in [1.29, 1.82) is 0 Å². The molecule has 0 unspecified atom stereocenters. The molecule has 2 aliphatic heterocycles. The van der Waals surface area contributed by atoms with Crippen molar-refractivity contribution >= 4 is 63.9 Å². The summed E-state index contributed by atoms with van der Waals surface area (Å²) in [4.78, 5) is 43.3. The number of piperazine rings is 1. The number of likely N-dealkylation sites (N-methyl/N-ethyl adjacent to an activating group) is 1. The Bertz CT molecular complexity index is 1040. The fourth-order valence-electron chi connectivity index (χ4n) is 3.69. The second kappa shape index (κ2) is 8.67. The number of carbonyl (C=O) groups excluding carboxylic acids is 3. The Labute approximate surface area is 194 Å². The smallest absolute Gasteiger partial charge is 0.262 e. The predicted molar refractivity (Wildman–Crippen MR) is 122 cm³/mol. The van der Waals surface area contributed by atoms with Gasteiger partial charge in [0.1, 0.15) is 6.54 Å². The van der Waals surface area contributed by atoms with Crippen LogP contribution >= 0.6 is 34.8 Å². The zero-order chi connectivity index (χ0) is 22.3. The molecule has 31 heavy (non-hydrogen) atoms. The van der Waals surface area contributed by atoms with E-state index >= 15 is 0 Å². The van der Waals surface area contributed by atoms with Gasteiger partial charge >= 0.3 is 0 Å². The van der Waals surface area contributed by atoms with Crippen LogP contribution in [0.15, 0.2) is 30.3 Å². The quantitative estimate of drug-likeness (QED) is 0.675. The fourth-order valence-corrected chi connectivity index (χ4v) is 4.19. The summed E-state index contributed by atoms with van der Waals surface area (Å²) >= 11 is 18.1. The average Bonchev–Trinajstić information content (AvgIpc) is 2.94. The number of fused-ring (bicyclic) bond motifs is 1. The number of imide groups is 1. The fraction of sp³-hybridized carbons (Fsp3) is 0.286. The van der Waals surface area contributed by atoms with Crippen molar-refractivity contribution in [1.82, 2.24) is 9.80 Å². The summed E-state index contributed by atoms with van der Waals surface area (Å²) in [6, 6.07) is 7.98. The molecule has 4 rings (SSSR count). The number of carbonyl (C=O) groups is 3. The van der Waals surface area contributed by atoms with Crippen LogP contribution in [0.3, 0.4) is 0 Å². The zero-order valence-corrected chi connectivity index (χ0v) is 18.9. The molecule has 1 N–H and O–H groups in total. The van der Waals surface area contributed by atoms with Crippen molar-refractivity contribution in [2.75, 3.05) is 50.0 Å². The molecule has 0 bridgehead atoms. The Morgan fingerprint density at radius 3 is 2.10 bits per heavy atom. The van der Waals surface area contributed by atoms with Gasteiger partial charge in [-0.15, -0.1) is 0 Å². The number of nitrogens with zero attached hydrogens (tertiary/aromatic N) is 3. The largest absolute Gasteiger partial charge is 0.367 e. The monoisotopic (exact) mass is 480 g/mol. The van der Waals surface area contributed by atoms with E-state index in [2.05, 4.69) is 22.2 Å². The molecule has 2 aromatic rings. The summed E-state index contributed by atoms with van der Waals surface area (Å²) < 4.78 is 0. The average molecular weight is 482 g/mol. The Morgan fingerprint density at radius 1 is 0.935 bits per heavy atom. The van der Waals surface area contributed by atoms with E-state index in [1.807, 2.05) is 6.07 Å². The lowest BCUT2D eigenvalue weighted by molar-refractivity contribution is -0.116.